The van der Waals surface area contributed by atoms with Gasteiger partial charge in [0.2, 0.25) is 5.95 Å². The van der Waals surface area contributed by atoms with Crippen LogP contribution < -0.4 is 15.0 Å². The standard InChI is InChI=1S/C24H25F6N5O/c1-3-35(4-2)19-11-8-16(9-12-19)10-13-20-32-21(34-22(33-20)36-15-23(25,26)27)31-18-7-5-6-17(14-18)24(28,29)30/h5-9,11-12,14H,3-4,10,13,15H2,1-2H3,(H,31,32,33,34). The maximum absolute atomic E-state index is 13.0. The fraction of sp³-hybridized carbons (Fsp3) is 0.375. The van der Waals surface area contributed by atoms with Gasteiger partial charge in [-0.1, -0.05) is 18.2 Å². The number of hydrogen-bond acceptors (Lipinski definition) is 6. The van der Waals surface area contributed by atoms with Gasteiger partial charge in [0, 0.05) is 30.9 Å². The zero-order chi connectivity index (χ0) is 26.3. The summed E-state index contributed by atoms with van der Waals surface area (Å²) < 4.78 is 81.6. The molecule has 0 amide bonds. The normalized spacial score (nSPS) is 11.9. The molecule has 0 aliphatic rings. The Morgan fingerprint density at radius 2 is 1.56 bits per heavy atom. The van der Waals surface area contributed by atoms with E-state index in [1.54, 1.807) is 0 Å². The van der Waals surface area contributed by atoms with E-state index in [1.165, 1.54) is 12.1 Å². The number of rotatable bonds is 10. The second kappa shape index (κ2) is 11.4. The van der Waals surface area contributed by atoms with Gasteiger partial charge < -0.3 is 15.0 Å². The largest absolute Gasteiger partial charge is 0.454 e. The average Bonchev–Trinajstić information content (AvgIpc) is 2.82. The van der Waals surface area contributed by atoms with Gasteiger partial charge in [0.05, 0.1) is 5.56 Å². The average molecular weight is 513 g/mol. The Balaban J connectivity index is 1.80. The first kappa shape index (κ1) is 27.0. The van der Waals surface area contributed by atoms with E-state index in [1.807, 2.05) is 24.3 Å². The molecular weight excluding hydrogens is 488 g/mol. The van der Waals surface area contributed by atoms with Crippen molar-refractivity contribution < 1.29 is 31.1 Å². The number of anilines is 3. The molecule has 0 aliphatic carbocycles. The van der Waals surface area contributed by atoms with Gasteiger partial charge in [-0.15, -0.1) is 0 Å². The molecule has 3 aromatic rings. The van der Waals surface area contributed by atoms with Gasteiger partial charge in [-0.05, 0) is 56.2 Å². The summed E-state index contributed by atoms with van der Waals surface area (Å²) in [6.07, 6.45) is -8.46. The lowest BCUT2D eigenvalue weighted by Crippen LogP contribution is -2.21. The SMILES string of the molecule is CCN(CC)c1ccc(CCc2nc(Nc3cccc(C(F)(F)F)c3)nc(OCC(F)(F)F)n2)cc1. The lowest BCUT2D eigenvalue weighted by atomic mass is 10.1. The van der Waals surface area contributed by atoms with Gasteiger partial charge >= 0.3 is 18.4 Å². The fourth-order valence-corrected chi connectivity index (χ4v) is 3.40. The number of hydrogen-bond donors (Lipinski definition) is 1. The zero-order valence-corrected chi connectivity index (χ0v) is 19.6. The number of aromatic nitrogens is 3. The van der Waals surface area contributed by atoms with Crippen LogP contribution in [0.15, 0.2) is 48.5 Å². The van der Waals surface area contributed by atoms with Crippen LogP contribution in [0.3, 0.4) is 0 Å². The van der Waals surface area contributed by atoms with Crippen molar-refractivity contribution in [2.24, 2.45) is 0 Å². The number of halogens is 6. The van der Waals surface area contributed by atoms with E-state index in [4.69, 9.17) is 0 Å². The maximum atomic E-state index is 13.0. The molecule has 36 heavy (non-hydrogen) atoms. The molecule has 0 unspecified atom stereocenters. The van der Waals surface area contributed by atoms with Crippen LogP contribution in [0.5, 0.6) is 6.01 Å². The molecule has 0 saturated heterocycles. The lowest BCUT2D eigenvalue weighted by Gasteiger charge is -2.21. The van der Waals surface area contributed by atoms with Crippen molar-refractivity contribution >= 4 is 17.3 Å². The minimum absolute atomic E-state index is 0.00994. The van der Waals surface area contributed by atoms with Crippen molar-refractivity contribution in [1.82, 2.24) is 15.0 Å². The molecule has 194 valence electrons. The van der Waals surface area contributed by atoms with E-state index >= 15 is 0 Å². The minimum atomic E-state index is -4.62. The molecule has 3 rings (SSSR count). The first-order chi connectivity index (χ1) is 17.0. The van der Waals surface area contributed by atoms with Crippen LogP contribution in [0.2, 0.25) is 0 Å². The molecule has 1 aromatic heterocycles. The van der Waals surface area contributed by atoms with E-state index in [9.17, 15) is 26.3 Å². The molecule has 6 nitrogen and oxygen atoms in total. The molecule has 12 heteroatoms. The Morgan fingerprint density at radius 3 is 2.17 bits per heavy atom. The van der Waals surface area contributed by atoms with E-state index in [2.05, 4.69) is 43.8 Å². The van der Waals surface area contributed by atoms with E-state index in [0.717, 1.165) is 36.5 Å². The summed E-state index contributed by atoms with van der Waals surface area (Å²) >= 11 is 0. The Bertz CT molecular complexity index is 1130. The van der Waals surface area contributed by atoms with Crippen LogP contribution in [-0.2, 0) is 19.0 Å². The number of benzene rings is 2. The van der Waals surface area contributed by atoms with E-state index in [0.29, 0.717) is 6.42 Å². The van der Waals surface area contributed by atoms with Crippen LogP contribution >= 0.6 is 0 Å². The predicted octanol–water partition coefficient (Wildman–Crippen LogP) is 6.21. The molecule has 1 N–H and O–H groups in total. The summed E-state index contributed by atoms with van der Waals surface area (Å²) in [6.45, 7) is 4.22. The smallest absolute Gasteiger partial charge is 0.422 e. The van der Waals surface area contributed by atoms with Crippen LogP contribution in [-0.4, -0.2) is 40.8 Å². The molecule has 0 fully saturated rings. The highest BCUT2D eigenvalue weighted by Gasteiger charge is 2.31. The summed E-state index contributed by atoms with van der Waals surface area (Å²) in [4.78, 5) is 14.1. The van der Waals surface area contributed by atoms with Crippen molar-refractivity contribution in [3.63, 3.8) is 0 Å². The topological polar surface area (TPSA) is 63.2 Å². The number of nitrogens with one attached hydrogen (secondary N) is 1. The first-order valence-corrected chi connectivity index (χ1v) is 11.2. The predicted molar refractivity (Wildman–Crippen MR) is 124 cm³/mol. The number of aryl methyl sites for hydroxylation is 2. The summed E-state index contributed by atoms with van der Waals surface area (Å²) in [7, 11) is 0. The van der Waals surface area contributed by atoms with Crippen molar-refractivity contribution in [2.45, 2.75) is 39.0 Å². The van der Waals surface area contributed by atoms with E-state index < -0.39 is 30.5 Å². The van der Waals surface area contributed by atoms with Gasteiger partial charge in [-0.25, -0.2) is 0 Å². The molecule has 0 aliphatic heterocycles. The quantitative estimate of drug-likeness (QED) is 0.326. The summed E-state index contributed by atoms with van der Waals surface area (Å²) in [5.41, 5.74) is 1.13. The molecular formula is C24H25F6N5O. The third kappa shape index (κ3) is 7.99. The molecule has 1 heterocycles. The van der Waals surface area contributed by atoms with Gasteiger partial charge in [0.1, 0.15) is 5.82 Å². The van der Waals surface area contributed by atoms with E-state index in [-0.39, 0.29) is 23.9 Å². The van der Waals surface area contributed by atoms with Gasteiger partial charge in [0.25, 0.3) is 0 Å². The highest BCUT2D eigenvalue weighted by atomic mass is 19.4. The van der Waals surface area contributed by atoms with Gasteiger partial charge in [0.15, 0.2) is 6.61 Å². The van der Waals surface area contributed by atoms with Crippen LogP contribution in [0, 0.1) is 0 Å². The molecule has 0 bridgehead atoms. The number of ether oxygens (including phenoxy) is 1. The fourth-order valence-electron chi connectivity index (χ4n) is 3.40. The first-order valence-electron chi connectivity index (χ1n) is 11.2. The third-order valence-electron chi connectivity index (χ3n) is 5.17. The Labute approximate surface area is 204 Å². The molecule has 0 radical (unpaired) electrons. The highest BCUT2D eigenvalue weighted by molar-refractivity contribution is 5.55. The molecule has 0 saturated carbocycles. The third-order valence-corrected chi connectivity index (χ3v) is 5.17. The summed E-state index contributed by atoms with van der Waals surface area (Å²) in [5.74, 6) is -0.0992. The van der Waals surface area contributed by atoms with Crippen LogP contribution in [0.1, 0.15) is 30.8 Å². The van der Waals surface area contributed by atoms with Crippen molar-refractivity contribution in [3.8, 4) is 6.01 Å². The van der Waals surface area contributed by atoms with Crippen molar-refractivity contribution in [3.05, 3.63) is 65.5 Å². The Morgan fingerprint density at radius 1 is 0.861 bits per heavy atom. The second-order valence-electron chi connectivity index (χ2n) is 7.80. The van der Waals surface area contributed by atoms with Crippen LogP contribution in [0.25, 0.3) is 0 Å². The summed E-state index contributed by atoms with van der Waals surface area (Å²) in [6, 6.07) is 11.6. The molecule has 0 spiro atoms. The maximum Gasteiger partial charge on any atom is 0.422 e. The Hall–Kier alpha value is -3.57. The Kier molecular flexibility index (Phi) is 8.59. The number of nitrogens with zero attached hydrogens (tertiary/aromatic N) is 4. The lowest BCUT2D eigenvalue weighted by molar-refractivity contribution is -0.154. The zero-order valence-electron chi connectivity index (χ0n) is 19.6. The highest BCUT2D eigenvalue weighted by Crippen LogP contribution is 2.31. The van der Waals surface area contributed by atoms with Crippen molar-refractivity contribution in [1.29, 1.82) is 0 Å². The summed E-state index contributed by atoms with van der Waals surface area (Å²) in [5, 5.41) is 2.60. The van der Waals surface area contributed by atoms with Gasteiger partial charge in [-0.3, -0.25) is 0 Å². The second-order valence-corrected chi connectivity index (χ2v) is 7.80. The van der Waals surface area contributed by atoms with Crippen LogP contribution in [0.4, 0.5) is 43.7 Å². The van der Waals surface area contributed by atoms with Crippen molar-refractivity contribution in [2.75, 3.05) is 29.9 Å². The molecule has 2 aromatic carbocycles. The monoisotopic (exact) mass is 513 g/mol. The number of alkyl halides is 6. The minimum Gasteiger partial charge on any atom is -0.454 e. The van der Waals surface area contributed by atoms with Gasteiger partial charge in [-0.2, -0.15) is 41.3 Å². The molecule has 0 atom stereocenters.